The van der Waals surface area contributed by atoms with Gasteiger partial charge in [-0.1, -0.05) is 70.5 Å². The van der Waals surface area contributed by atoms with E-state index in [1.807, 2.05) is 78.9 Å². The molecule has 0 saturated carbocycles. The van der Waals surface area contributed by atoms with Crippen LogP contribution in [0.2, 0.25) is 0 Å². The van der Waals surface area contributed by atoms with E-state index in [2.05, 4.69) is 31.9 Å². The van der Waals surface area contributed by atoms with Gasteiger partial charge in [-0.05, 0) is 47.9 Å². The van der Waals surface area contributed by atoms with Crippen LogP contribution >= 0.6 is 15.9 Å². The van der Waals surface area contributed by atoms with E-state index in [-0.39, 0.29) is 11.9 Å². The number of carbonyl (C=O) groups excluding carboxylic acids is 2. The Morgan fingerprint density at radius 2 is 1.53 bits per heavy atom. The molecule has 3 aromatic carbocycles. The minimum Gasteiger partial charge on any atom is -0.327 e. The predicted octanol–water partition coefficient (Wildman–Crippen LogP) is 5.38. The maximum atomic E-state index is 13.1. The molecule has 5 nitrogen and oxygen atoms in total. The first-order chi connectivity index (χ1) is 14.5. The SMILES string of the molecule is CC1=C(C(=O)Nc2ccc(Br)cc2)[C@@H](c2ccc(-c3ccccc3)cc2)NC(=O)N1. The number of rotatable bonds is 4. The Balaban J connectivity index is 1.63. The average Bonchev–Trinajstić information content (AvgIpc) is 2.75. The number of urea groups is 1. The molecule has 0 spiro atoms. The van der Waals surface area contributed by atoms with Crippen molar-refractivity contribution in [3.05, 3.63) is 100 Å². The van der Waals surface area contributed by atoms with Gasteiger partial charge in [-0.25, -0.2) is 4.79 Å². The number of carbonyl (C=O) groups is 2. The summed E-state index contributed by atoms with van der Waals surface area (Å²) in [6.07, 6.45) is 0. The fourth-order valence-corrected chi connectivity index (χ4v) is 3.74. The van der Waals surface area contributed by atoms with Crippen LogP contribution in [0.3, 0.4) is 0 Å². The Hall–Kier alpha value is -3.38. The molecule has 0 fully saturated rings. The molecule has 1 heterocycles. The number of anilines is 1. The van der Waals surface area contributed by atoms with Gasteiger partial charge in [0.1, 0.15) is 0 Å². The van der Waals surface area contributed by atoms with Crippen LogP contribution in [-0.2, 0) is 4.79 Å². The van der Waals surface area contributed by atoms with E-state index in [0.29, 0.717) is 17.0 Å². The number of benzene rings is 3. The first kappa shape index (κ1) is 19.9. The molecule has 6 heteroatoms. The average molecular weight is 462 g/mol. The lowest BCUT2D eigenvalue weighted by Gasteiger charge is -2.28. The minimum absolute atomic E-state index is 0.264. The zero-order valence-electron chi connectivity index (χ0n) is 16.3. The lowest BCUT2D eigenvalue weighted by molar-refractivity contribution is -0.113. The summed E-state index contributed by atoms with van der Waals surface area (Å²) in [5, 5.41) is 8.49. The fraction of sp³-hybridized carbons (Fsp3) is 0.0833. The first-order valence-corrected chi connectivity index (χ1v) is 10.3. The van der Waals surface area contributed by atoms with Gasteiger partial charge in [0.2, 0.25) is 0 Å². The molecule has 150 valence electrons. The summed E-state index contributed by atoms with van der Waals surface area (Å²) in [6.45, 7) is 1.74. The second kappa shape index (κ2) is 8.55. The lowest BCUT2D eigenvalue weighted by Crippen LogP contribution is -2.45. The topological polar surface area (TPSA) is 70.2 Å². The second-order valence-corrected chi connectivity index (χ2v) is 7.93. The van der Waals surface area contributed by atoms with Crippen LogP contribution in [-0.4, -0.2) is 11.9 Å². The van der Waals surface area contributed by atoms with Crippen molar-refractivity contribution < 1.29 is 9.59 Å². The number of nitrogens with one attached hydrogen (secondary N) is 3. The highest BCUT2D eigenvalue weighted by Gasteiger charge is 2.31. The molecule has 0 saturated heterocycles. The van der Waals surface area contributed by atoms with E-state index in [0.717, 1.165) is 21.2 Å². The number of allylic oxidation sites excluding steroid dienone is 1. The van der Waals surface area contributed by atoms with Gasteiger partial charge in [0.15, 0.2) is 0 Å². The largest absolute Gasteiger partial charge is 0.327 e. The second-order valence-electron chi connectivity index (χ2n) is 7.02. The van der Waals surface area contributed by atoms with Crippen LogP contribution in [0.1, 0.15) is 18.5 Å². The van der Waals surface area contributed by atoms with Gasteiger partial charge in [0, 0.05) is 15.9 Å². The monoisotopic (exact) mass is 461 g/mol. The van der Waals surface area contributed by atoms with E-state index >= 15 is 0 Å². The van der Waals surface area contributed by atoms with Crippen LogP contribution in [0.25, 0.3) is 11.1 Å². The third-order valence-corrected chi connectivity index (χ3v) is 5.50. The van der Waals surface area contributed by atoms with Gasteiger partial charge in [-0.3, -0.25) is 4.79 Å². The van der Waals surface area contributed by atoms with E-state index in [1.54, 1.807) is 6.92 Å². The van der Waals surface area contributed by atoms with Gasteiger partial charge in [-0.15, -0.1) is 0 Å². The van der Waals surface area contributed by atoms with Crippen molar-refractivity contribution in [2.24, 2.45) is 0 Å². The van der Waals surface area contributed by atoms with E-state index in [1.165, 1.54) is 0 Å². The molecule has 3 N–H and O–H groups in total. The molecule has 3 amide bonds. The quantitative estimate of drug-likeness (QED) is 0.487. The van der Waals surface area contributed by atoms with Crippen LogP contribution in [0.4, 0.5) is 10.5 Å². The molecule has 4 rings (SSSR count). The number of hydrogen-bond acceptors (Lipinski definition) is 2. The normalized spacial score (nSPS) is 15.9. The number of amides is 3. The Bertz CT molecular complexity index is 1110. The highest BCUT2D eigenvalue weighted by molar-refractivity contribution is 9.10. The van der Waals surface area contributed by atoms with Crippen LogP contribution in [0.15, 0.2) is 94.6 Å². The van der Waals surface area contributed by atoms with Crippen molar-refractivity contribution in [3.63, 3.8) is 0 Å². The van der Waals surface area contributed by atoms with E-state index in [4.69, 9.17) is 0 Å². The molecule has 1 atom stereocenters. The van der Waals surface area contributed by atoms with Crippen LogP contribution < -0.4 is 16.0 Å². The van der Waals surface area contributed by atoms with Crippen molar-refractivity contribution in [2.75, 3.05) is 5.32 Å². The molecule has 1 aliphatic rings. The molecule has 0 aromatic heterocycles. The molecule has 0 unspecified atom stereocenters. The standard InChI is InChI=1S/C24H20BrN3O2/c1-15-21(23(29)27-20-13-11-19(25)12-14-20)22(28-24(30)26-15)18-9-7-17(8-10-18)16-5-3-2-4-6-16/h2-14,22H,1H3,(H,27,29)(H2,26,28,30)/t22-/m1/s1. The molecule has 30 heavy (non-hydrogen) atoms. The summed E-state index contributed by atoms with van der Waals surface area (Å²) in [6, 6.07) is 24.4. The van der Waals surface area contributed by atoms with Gasteiger partial charge in [0.05, 0.1) is 11.6 Å². The molecular weight excluding hydrogens is 442 g/mol. The molecule has 0 radical (unpaired) electrons. The minimum atomic E-state index is -0.543. The molecule has 1 aliphatic heterocycles. The van der Waals surface area contributed by atoms with Crippen LogP contribution in [0, 0.1) is 0 Å². The molecule has 0 bridgehead atoms. The van der Waals surface area contributed by atoms with Gasteiger partial charge in [0.25, 0.3) is 5.91 Å². The maximum Gasteiger partial charge on any atom is 0.319 e. The molecular formula is C24H20BrN3O2. The molecule has 3 aromatic rings. The zero-order chi connectivity index (χ0) is 21.1. The van der Waals surface area contributed by atoms with Crippen molar-refractivity contribution >= 4 is 33.6 Å². The summed E-state index contributed by atoms with van der Waals surface area (Å²) >= 11 is 3.39. The predicted molar refractivity (Wildman–Crippen MR) is 122 cm³/mol. The number of hydrogen-bond donors (Lipinski definition) is 3. The lowest BCUT2D eigenvalue weighted by atomic mass is 9.93. The Labute approximate surface area is 183 Å². The number of halogens is 1. The van der Waals surface area contributed by atoms with Gasteiger partial charge >= 0.3 is 6.03 Å². The Kier molecular flexibility index (Phi) is 5.68. The van der Waals surface area contributed by atoms with E-state index in [9.17, 15) is 9.59 Å². The Morgan fingerprint density at radius 1 is 0.900 bits per heavy atom. The van der Waals surface area contributed by atoms with Crippen LogP contribution in [0.5, 0.6) is 0 Å². The summed E-state index contributed by atoms with van der Waals surface area (Å²) < 4.78 is 0.930. The first-order valence-electron chi connectivity index (χ1n) is 9.52. The fourth-order valence-electron chi connectivity index (χ4n) is 3.48. The van der Waals surface area contributed by atoms with Gasteiger partial charge in [-0.2, -0.15) is 0 Å². The van der Waals surface area contributed by atoms with Crippen molar-refractivity contribution in [2.45, 2.75) is 13.0 Å². The summed E-state index contributed by atoms with van der Waals surface area (Å²) in [7, 11) is 0. The van der Waals surface area contributed by atoms with Gasteiger partial charge < -0.3 is 16.0 Å². The highest BCUT2D eigenvalue weighted by Crippen LogP contribution is 2.30. The Morgan fingerprint density at radius 3 is 2.20 bits per heavy atom. The smallest absolute Gasteiger partial charge is 0.319 e. The van der Waals surface area contributed by atoms with Crippen molar-refractivity contribution in [1.29, 1.82) is 0 Å². The van der Waals surface area contributed by atoms with E-state index < -0.39 is 6.04 Å². The van der Waals surface area contributed by atoms with Crippen molar-refractivity contribution in [3.8, 4) is 11.1 Å². The maximum absolute atomic E-state index is 13.1. The third-order valence-electron chi connectivity index (χ3n) is 4.97. The summed E-state index contributed by atoms with van der Waals surface area (Å²) in [5.41, 5.74) is 4.71. The summed E-state index contributed by atoms with van der Waals surface area (Å²) in [4.78, 5) is 25.2. The highest BCUT2D eigenvalue weighted by atomic mass is 79.9. The van der Waals surface area contributed by atoms with Crippen molar-refractivity contribution in [1.82, 2.24) is 10.6 Å². The summed E-state index contributed by atoms with van der Waals surface area (Å²) in [5.74, 6) is -0.264. The zero-order valence-corrected chi connectivity index (χ0v) is 17.9. The third kappa shape index (κ3) is 4.28. The molecule has 0 aliphatic carbocycles.